The lowest BCUT2D eigenvalue weighted by Crippen LogP contribution is -2.04. The van der Waals surface area contributed by atoms with Gasteiger partial charge in [0.1, 0.15) is 4.90 Å². The van der Waals surface area contributed by atoms with Crippen molar-refractivity contribution in [3.63, 3.8) is 0 Å². The van der Waals surface area contributed by atoms with Gasteiger partial charge in [0.05, 0.1) is 10.7 Å². The smallest absolute Gasteiger partial charge is 0.296 e. The average molecular weight is 256 g/mol. The van der Waals surface area contributed by atoms with Gasteiger partial charge in [-0.3, -0.25) is 4.55 Å². The molecule has 0 heterocycles. The van der Waals surface area contributed by atoms with Gasteiger partial charge in [0.25, 0.3) is 10.1 Å². The topological polar surface area (TPSA) is 80.4 Å². The van der Waals surface area contributed by atoms with Gasteiger partial charge in [0, 0.05) is 5.02 Å². The Kier molecular flexibility index (Phi) is 2.96. The van der Waals surface area contributed by atoms with Crippen LogP contribution in [-0.4, -0.2) is 13.0 Å². The second-order valence-corrected chi connectivity index (χ2v) is 4.86. The molecule has 0 aromatic heterocycles. The summed E-state index contributed by atoms with van der Waals surface area (Å²) in [4.78, 5) is -0.474. The molecule has 0 fully saturated rings. The summed E-state index contributed by atoms with van der Waals surface area (Å²) in [6, 6.07) is 1.06. The van der Waals surface area contributed by atoms with E-state index in [0.29, 0.717) is 5.56 Å². The van der Waals surface area contributed by atoms with Crippen molar-refractivity contribution in [3.8, 4) is 0 Å². The molecule has 0 atom stereocenters. The lowest BCUT2D eigenvalue weighted by molar-refractivity contribution is 0.483. The number of nitrogens with two attached hydrogens (primary N) is 1. The van der Waals surface area contributed by atoms with Crippen LogP contribution in [0.3, 0.4) is 0 Å². The number of nitrogen functional groups attached to an aromatic ring is 1. The van der Waals surface area contributed by atoms with Gasteiger partial charge >= 0.3 is 0 Å². The summed E-state index contributed by atoms with van der Waals surface area (Å²) in [6.07, 6.45) is 0. The molecule has 0 bridgehead atoms. The highest BCUT2D eigenvalue weighted by Gasteiger charge is 2.19. The zero-order valence-electron chi connectivity index (χ0n) is 7.08. The lowest BCUT2D eigenvalue weighted by atomic mass is 10.2. The molecule has 0 unspecified atom stereocenters. The molecule has 0 saturated carbocycles. The van der Waals surface area contributed by atoms with Crippen molar-refractivity contribution in [1.82, 2.24) is 0 Å². The Morgan fingerprint density at radius 2 is 1.93 bits per heavy atom. The minimum absolute atomic E-state index is 0.0325. The summed E-state index contributed by atoms with van der Waals surface area (Å²) < 4.78 is 30.4. The number of halogens is 2. The van der Waals surface area contributed by atoms with Crippen LogP contribution in [0, 0.1) is 6.92 Å². The van der Waals surface area contributed by atoms with E-state index in [9.17, 15) is 8.42 Å². The number of benzene rings is 1. The molecule has 14 heavy (non-hydrogen) atoms. The van der Waals surface area contributed by atoms with E-state index in [-0.39, 0.29) is 15.7 Å². The van der Waals surface area contributed by atoms with Crippen LogP contribution < -0.4 is 5.73 Å². The fourth-order valence-corrected chi connectivity index (χ4v) is 2.15. The first-order valence-electron chi connectivity index (χ1n) is 3.46. The summed E-state index contributed by atoms with van der Waals surface area (Å²) in [6.45, 7) is 1.59. The van der Waals surface area contributed by atoms with E-state index in [4.69, 9.17) is 33.5 Å². The summed E-state index contributed by atoms with van der Waals surface area (Å²) >= 11 is 11.4. The lowest BCUT2D eigenvalue weighted by Gasteiger charge is -2.08. The second-order valence-electron chi connectivity index (χ2n) is 2.68. The Morgan fingerprint density at radius 1 is 1.43 bits per heavy atom. The van der Waals surface area contributed by atoms with E-state index < -0.39 is 15.0 Å². The molecule has 1 aromatic carbocycles. The van der Waals surface area contributed by atoms with Gasteiger partial charge in [-0.1, -0.05) is 23.2 Å². The number of anilines is 1. The Labute approximate surface area is 91.4 Å². The van der Waals surface area contributed by atoms with Crippen molar-refractivity contribution in [3.05, 3.63) is 21.7 Å². The van der Waals surface area contributed by atoms with Crippen LogP contribution in [0.2, 0.25) is 10.0 Å². The molecular weight excluding hydrogens is 249 g/mol. The van der Waals surface area contributed by atoms with Crippen LogP contribution in [0.25, 0.3) is 0 Å². The summed E-state index contributed by atoms with van der Waals surface area (Å²) in [5, 5.41) is 0.168. The summed E-state index contributed by atoms with van der Waals surface area (Å²) in [5.41, 5.74) is 5.68. The monoisotopic (exact) mass is 255 g/mol. The summed E-state index contributed by atoms with van der Waals surface area (Å²) in [7, 11) is -4.39. The maximum atomic E-state index is 10.8. The number of hydrogen-bond acceptors (Lipinski definition) is 3. The largest absolute Gasteiger partial charge is 0.396 e. The molecule has 0 spiro atoms. The zero-order chi connectivity index (χ0) is 11.1. The average Bonchev–Trinajstić information content (AvgIpc) is 2.06. The fourth-order valence-electron chi connectivity index (χ4n) is 0.930. The molecule has 3 N–H and O–H groups in total. The Hall–Kier alpha value is -0.490. The van der Waals surface area contributed by atoms with Gasteiger partial charge in [-0.25, -0.2) is 0 Å². The van der Waals surface area contributed by atoms with Crippen molar-refractivity contribution in [1.29, 1.82) is 0 Å². The Balaban J connectivity index is 3.66. The molecule has 0 aliphatic rings. The van der Waals surface area contributed by atoms with Gasteiger partial charge in [-0.05, 0) is 18.6 Å². The maximum Gasteiger partial charge on any atom is 0.296 e. The normalized spacial score (nSPS) is 11.7. The van der Waals surface area contributed by atoms with Crippen LogP contribution >= 0.6 is 23.2 Å². The number of rotatable bonds is 1. The highest BCUT2D eigenvalue weighted by atomic mass is 35.5. The van der Waals surface area contributed by atoms with Crippen LogP contribution in [0.4, 0.5) is 5.69 Å². The molecule has 0 saturated heterocycles. The molecule has 4 nitrogen and oxygen atoms in total. The standard InChI is InChI=1S/C7H7Cl2NO3S/c1-3-4(8)2-5(14(11,12)13)7(10)6(3)9/h2H,10H2,1H3,(H,11,12,13). The van der Waals surface area contributed by atoms with Crippen molar-refractivity contribution < 1.29 is 13.0 Å². The summed E-state index contributed by atoms with van der Waals surface area (Å²) in [5.74, 6) is 0. The molecule has 0 aliphatic heterocycles. The molecule has 0 radical (unpaired) electrons. The van der Waals surface area contributed by atoms with E-state index in [1.54, 1.807) is 6.92 Å². The molecule has 1 rings (SSSR count). The molecule has 7 heteroatoms. The molecular formula is C7H7Cl2NO3S. The first-order valence-corrected chi connectivity index (χ1v) is 5.66. The van der Waals surface area contributed by atoms with Gasteiger partial charge < -0.3 is 5.73 Å². The van der Waals surface area contributed by atoms with E-state index >= 15 is 0 Å². The predicted octanol–water partition coefficient (Wildman–Crippen LogP) is 2.13. The highest BCUT2D eigenvalue weighted by Crippen LogP contribution is 2.34. The zero-order valence-corrected chi connectivity index (χ0v) is 9.41. The van der Waals surface area contributed by atoms with E-state index in [2.05, 4.69) is 0 Å². The highest BCUT2D eigenvalue weighted by molar-refractivity contribution is 7.86. The van der Waals surface area contributed by atoms with Crippen LogP contribution in [-0.2, 0) is 10.1 Å². The second kappa shape index (κ2) is 3.58. The SMILES string of the molecule is Cc1c(Cl)cc(S(=O)(=O)O)c(N)c1Cl. The van der Waals surface area contributed by atoms with Crippen molar-refractivity contribution in [2.75, 3.05) is 5.73 Å². The first-order chi connectivity index (χ1) is 6.25. The molecule has 0 aliphatic carbocycles. The Morgan fingerprint density at radius 3 is 2.36 bits per heavy atom. The van der Waals surface area contributed by atoms with Gasteiger partial charge in [-0.15, -0.1) is 0 Å². The van der Waals surface area contributed by atoms with Crippen molar-refractivity contribution >= 4 is 39.0 Å². The van der Waals surface area contributed by atoms with Gasteiger partial charge in [0.15, 0.2) is 0 Å². The van der Waals surface area contributed by atoms with Crippen LogP contribution in [0.15, 0.2) is 11.0 Å². The molecule has 1 aromatic rings. The van der Waals surface area contributed by atoms with Crippen LogP contribution in [0.1, 0.15) is 5.56 Å². The fraction of sp³-hybridized carbons (Fsp3) is 0.143. The first kappa shape index (κ1) is 11.6. The molecule has 78 valence electrons. The van der Waals surface area contributed by atoms with Gasteiger partial charge in [-0.2, -0.15) is 8.42 Å². The quantitative estimate of drug-likeness (QED) is 0.595. The van der Waals surface area contributed by atoms with E-state index in [0.717, 1.165) is 6.07 Å². The Bertz CT molecular complexity index is 484. The predicted molar refractivity (Wildman–Crippen MR) is 55.4 cm³/mol. The third-order valence-corrected chi connectivity index (χ3v) is 3.50. The molecule has 0 amide bonds. The van der Waals surface area contributed by atoms with Crippen molar-refractivity contribution in [2.24, 2.45) is 0 Å². The minimum atomic E-state index is -4.39. The van der Waals surface area contributed by atoms with E-state index in [1.165, 1.54) is 0 Å². The number of hydrogen-bond donors (Lipinski definition) is 2. The maximum absolute atomic E-state index is 10.8. The van der Waals surface area contributed by atoms with Crippen LogP contribution in [0.5, 0.6) is 0 Å². The van der Waals surface area contributed by atoms with Gasteiger partial charge in [0.2, 0.25) is 0 Å². The third kappa shape index (κ3) is 1.95. The van der Waals surface area contributed by atoms with E-state index in [1.807, 2.05) is 0 Å². The third-order valence-electron chi connectivity index (χ3n) is 1.73. The van der Waals surface area contributed by atoms with Crippen molar-refractivity contribution in [2.45, 2.75) is 11.8 Å². The minimum Gasteiger partial charge on any atom is -0.396 e.